The van der Waals surface area contributed by atoms with Gasteiger partial charge in [0, 0.05) is 13.6 Å². The number of amides is 1. The SMILES string of the molecule is Cc1ccccc1OCCN(C)C(=O)C1CCCN1Cc1ccccc1. The highest BCUT2D eigenvalue weighted by Gasteiger charge is 2.32. The first-order valence-corrected chi connectivity index (χ1v) is 9.36. The first-order valence-electron chi connectivity index (χ1n) is 9.36. The lowest BCUT2D eigenvalue weighted by molar-refractivity contribution is -0.135. The predicted octanol–water partition coefficient (Wildman–Crippen LogP) is 3.50. The molecule has 1 saturated heterocycles. The third-order valence-electron chi connectivity index (χ3n) is 5.03. The molecule has 4 nitrogen and oxygen atoms in total. The second-order valence-electron chi connectivity index (χ2n) is 6.99. The number of likely N-dealkylation sites (N-methyl/N-ethyl adjacent to an activating group) is 1. The van der Waals surface area contributed by atoms with Crippen molar-refractivity contribution in [2.24, 2.45) is 0 Å². The minimum Gasteiger partial charge on any atom is -0.491 e. The summed E-state index contributed by atoms with van der Waals surface area (Å²) in [4.78, 5) is 17.0. The van der Waals surface area contributed by atoms with Crippen LogP contribution in [0.3, 0.4) is 0 Å². The van der Waals surface area contributed by atoms with Gasteiger partial charge < -0.3 is 9.64 Å². The fraction of sp³-hybridized carbons (Fsp3) is 0.409. The third kappa shape index (κ3) is 4.64. The first kappa shape index (κ1) is 18.5. The Kier molecular flexibility index (Phi) is 6.29. The van der Waals surface area contributed by atoms with Gasteiger partial charge in [0.1, 0.15) is 12.4 Å². The smallest absolute Gasteiger partial charge is 0.239 e. The average Bonchev–Trinajstić information content (AvgIpc) is 3.11. The molecular weight excluding hydrogens is 324 g/mol. The molecule has 0 saturated carbocycles. The maximum atomic E-state index is 12.9. The molecule has 0 radical (unpaired) electrons. The van der Waals surface area contributed by atoms with Gasteiger partial charge in [0.15, 0.2) is 0 Å². The summed E-state index contributed by atoms with van der Waals surface area (Å²) >= 11 is 0. The van der Waals surface area contributed by atoms with Gasteiger partial charge in [-0.25, -0.2) is 0 Å². The van der Waals surface area contributed by atoms with E-state index in [1.807, 2.05) is 49.2 Å². The summed E-state index contributed by atoms with van der Waals surface area (Å²) in [7, 11) is 1.88. The van der Waals surface area contributed by atoms with E-state index in [1.165, 1.54) is 5.56 Å². The van der Waals surface area contributed by atoms with Crippen molar-refractivity contribution < 1.29 is 9.53 Å². The number of aryl methyl sites for hydroxylation is 1. The summed E-state index contributed by atoms with van der Waals surface area (Å²) in [5.74, 6) is 1.09. The molecule has 0 spiro atoms. The molecule has 0 bridgehead atoms. The largest absolute Gasteiger partial charge is 0.491 e. The van der Waals surface area contributed by atoms with E-state index in [1.54, 1.807) is 0 Å². The Morgan fingerprint density at radius 2 is 1.88 bits per heavy atom. The summed E-state index contributed by atoms with van der Waals surface area (Å²) in [6.45, 7) is 4.97. The van der Waals surface area contributed by atoms with Gasteiger partial charge in [-0.1, -0.05) is 48.5 Å². The molecule has 26 heavy (non-hydrogen) atoms. The number of benzene rings is 2. The molecule has 1 heterocycles. The highest BCUT2D eigenvalue weighted by Crippen LogP contribution is 2.22. The molecule has 1 atom stereocenters. The van der Waals surface area contributed by atoms with Crippen LogP contribution < -0.4 is 4.74 Å². The van der Waals surface area contributed by atoms with Crippen molar-refractivity contribution in [3.05, 3.63) is 65.7 Å². The second-order valence-corrected chi connectivity index (χ2v) is 6.99. The minimum atomic E-state index is -0.0151. The fourth-order valence-corrected chi connectivity index (χ4v) is 3.49. The van der Waals surface area contributed by atoms with Crippen LogP contribution in [0.1, 0.15) is 24.0 Å². The number of ether oxygens (including phenoxy) is 1. The molecule has 2 aromatic rings. The van der Waals surface area contributed by atoms with E-state index in [4.69, 9.17) is 4.74 Å². The second kappa shape index (κ2) is 8.86. The number of hydrogen-bond acceptors (Lipinski definition) is 3. The molecule has 1 aliphatic rings. The van der Waals surface area contributed by atoms with Crippen LogP contribution in [0.2, 0.25) is 0 Å². The van der Waals surface area contributed by atoms with Crippen LogP contribution in [0.15, 0.2) is 54.6 Å². The molecule has 3 rings (SSSR count). The lowest BCUT2D eigenvalue weighted by Crippen LogP contribution is -2.44. The van der Waals surface area contributed by atoms with Gasteiger partial charge in [-0.3, -0.25) is 9.69 Å². The van der Waals surface area contributed by atoms with Gasteiger partial charge in [0.25, 0.3) is 0 Å². The summed E-state index contributed by atoms with van der Waals surface area (Å²) in [6.07, 6.45) is 2.02. The molecule has 138 valence electrons. The van der Waals surface area contributed by atoms with Crippen molar-refractivity contribution >= 4 is 5.91 Å². The lowest BCUT2D eigenvalue weighted by Gasteiger charge is -2.28. The zero-order valence-corrected chi connectivity index (χ0v) is 15.7. The Labute approximate surface area is 156 Å². The quantitative estimate of drug-likeness (QED) is 0.765. The van der Waals surface area contributed by atoms with Crippen molar-refractivity contribution in [1.29, 1.82) is 0 Å². The van der Waals surface area contributed by atoms with E-state index < -0.39 is 0 Å². The molecule has 0 aliphatic carbocycles. The van der Waals surface area contributed by atoms with Crippen molar-refractivity contribution in [1.82, 2.24) is 9.80 Å². The number of rotatable bonds is 7. The molecule has 0 aromatic heterocycles. The predicted molar refractivity (Wildman–Crippen MR) is 104 cm³/mol. The molecule has 1 aliphatic heterocycles. The number of carbonyl (C=O) groups is 1. The Balaban J connectivity index is 1.51. The van der Waals surface area contributed by atoms with Gasteiger partial charge >= 0.3 is 0 Å². The van der Waals surface area contributed by atoms with E-state index >= 15 is 0 Å². The first-order chi connectivity index (χ1) is 12.6. The highest BCUT2D eigenvalue weighted by molar-refractivity contribution is 5.82. The normalized spacial score (nSPS) is 17.2. The molecule has 4 heteroatoms. The van der Waals surface area contributed by atoms with Crippen molar-refractivity contribution in [2.45, 2.75) is 32.4 Å². The molecule has 0 N–H and O–H groups in total. The molecule has 1 fully saturated rings. The van der Waals surface area contributed by atoms with Gasteiger partial charge in [-0.15, -0.1) is 0 Å². The van der Waals surface area contributed by atoms with Crippen molar-refractivity contribution in [3.8, 4) is 5.75 Å². The van der Waals surface area contributed by atoms with Gasteiger partial charge in [-0.2, -0.15) is 0 Å². The monoisotopic (exact) mass is 352 g/mol. The fourth-order valence-electron chi connectivity index (χ4n) is 3.49. The average molecular weight is 352 g/mol. The number of hydrogen-bond donors (Lipinski definition) is 0. The van der Waals surface area contributed by atoms with Crippen LogP contribution in [0.25, 0.3) is 0 Å². The molecule has 2 aromatic carbocycles. The van der Waals surface area contributed by atoms with E-state index in [0.717, 1.165) is 37.2 Å². The van der Waals surface area contributed by atoms with Crippen LogP contribution in [-0.2, 0) is 11.3 Å². The Morgan fingerprint density at radius 1 is 1.15 bits per heavy atom. The van der Waals surface area contributed by atoms with Crippen molar-refractivity contribution in [2.75, 3.05) is 26.7 Å². The van der Waals surface area contributed by atoms with E-state index in [-0.39, 0.29) is 11.9 Å². The van der Waals surface area contributed by atoms with Crippen LogP contribution >= 0.6 is 0 Å². The molecular formula is C22H28N2O2. The summed E-state index contributed by atoms with van der Waals surface area (Å²) < 4.78 is 5.84. The van der Waals surface area contributed by atoms with Gasteiger partial charge in [-0.05, 0) is 43.5 Å². The van der Waals surface area contributed by atoms with E-state index in [9.17, 15) is 4.79 Å². The Morgan fingerprint density at radius 3 is 2.65 bits per heavy atom. The van der Waals surface area contributed by atoms with Gasteiger partial charge in [0.2, 0.25) is 5.91 Å². The van der Waals surface area contributed by atoms with Crippen LogP contribution in [0.4, 0.5) is 0 Å². The van der Waals surface area contributed by atoms with E-state index in [0.29, 0.717) is 13.2 Å². The lowest BCUT2D eigenvalue weighted by atomic mass is 10.1. The topological polar surface area (TPSA) is 32.8 Å². The summed E-state index contributed by atoms with van der Waals surface area (Å²) in [6, 6.07) is 18.3. The minimum absolute atomic E-state index is 0.0151. The third-order valence-corrected chi connectivity index (χ3v) is 5.03. The van der Waals surface area contributed by atoms with Crippen molar-refractivity contribution in [3.63, 3.8) is 0 Å². The molecule has 1 unspecified atom stereocenters. The highest BCUT2D eigenvalue weighted by atomic mass is 16.5. The summed E-state index contributed by atoms with van der Waals surface area (Å²) in [5.41, 5.74) is 2.38. The maximum Gasteiger partial charge on any atom is 0.239 e. The standard InChI is InChI=1S/C22H28N2O2/c1-18-9-6-7-13-21(18)26-16-15-23(2)22(25)20-12-8-14-24(20)17-19-10-4-3-5-11-19/h3-7,9-11,13,20H,8,12,14-17H2,1-2H3. The zero-order chi connectivity index (χ0) is 18.4. The van der Waals surface area contributed by atoms with Crippen LogP contribution in [-0.4, -0.2) is 48.5 Å². The molecule has 1 amide bonds. The van der Waals surface area contributed by atoms with Crippen LogP contribution in [0, 0.1) is 6.92 Å². The maximum absolute atomic E-state index is 12.9. The van der Waals surface area contributed by atoms with Crippen LogP contribution in [0.5, 0.6) is 5.75 Å². The van der Waals surface area contributed by atoms with E-state index in [2.05, 4.69) is 29.2 Å². The zero-order valence-electron chi connectivity index (χ0n) is 15.7. The number of nitrogens with zero attached hydrogens (tertiary/aromatic N) is 2. The van der Waals surface area contributed by atoms with Gasteiger partial charge in [0.05, 0.1) is 12.6 Å². The Bertz CT molecular complexity index is 717. The number of likely N-dealkylation sites (tertiary alicyclic amines) is 1. The number of para-hydroxylation sites is 1. The Hall–Kier alpha value is -2.33. The number of carbonyl (C=O) groups excluding carboxylic acids is 1. The summed E-state index contributed by atoms with van der Waals surface area (Å²) in [5, 5.41) is 0.